The van der Waals surface area contributed by atoms with Gasteiger partial charge in [0.2, 0.25) is 0 Å². The van der Waals surface area contributed by atoms with Crippen LogP contribution in [0.3, 0.4) is 0 Å². The van der Waals surface area contributed by atoms with Crippen LogP contribution in [0.1, 0.15) is 26.3 Å². The molecule has 1 aliphatic heterocycles. The number of carboxylic acids is 1. The Hall–Kier alpha value is -1.69. The molecule has 0 unspecified atom stereocenters. The van der Waals surface area contributed by atoms with Crippen LogP contribution in [-0.4, -0.2) is 40.8 Å². The monoisotopic (exact) mass is 253 g/mol. The summed E-state index contributed by atoms with van der Waals surface area (Å²) in [6.07, 6.45) is 0. The third kappa shape index (κ3) is 2.21. The average Bonchev–Trinajstić information content (AvgIpc) is 2.62. The zero-order chi connectivity index (χ0) is 12.6. The van der Waals surface area contributed by atoms with Gasteiger partial charge in [-0.05, 0) is 19.1 Å². The number of nitrogens with zero attached hydrogens (tertiary/aromatic N) is 1. The van der Waals surface area contributed by atoms with E-state index in [2.05, 4.69) is 0 Å². The van der Waals surface area contributed by atoms with Crippen LogP contribution >= 0.6 is 11.3 Å². The molecule has 1 N–H and O–H groups in total. The van der Waals surface area contributed by atoms with E-state index in [-0.39, 0.29) is 24.8 Å². The molecule has 6 heteroatoms. The molecule has 5 nitrogen and oxygen atoms in total. The number of ketones is 1. The lowest BCUT2D eigenvalue weighted by atomic mass is 10.0. The highest BCUT2D eigenvalue weighted by Crippen LogP contribution is 2.23. The van der Waals surface area contributed by atoms with Gasteiger partial charge in [0.15, 0.2) is 5.78 Å². The SMILES string of the molecule is CC(=O)c1ccc(C(=O)N2CC(C(=O)O)C2)s1. The van der Waals surface area contributed by atoms with E-state index in [4.69, 9.17) is 5.11 Å². The first-order valence-corrected chi connectivity index (χ1v) is 5.93. The number of thiophene rings is 1. The molecule has 1 amide bonds. The highest BCUT2D eigenvalue weighted by Gasteiger charge is 2.36. The van der Waals surface area contributed by atoms with Gasteiger partial charge in [-0.15, -0.1) is 11.3 Å². The fourth-order valence-corrected chi connectivity index (χ4v) is 2.47. The van der Waals surface area contributed by atoms with E-state index in [1.54, 1.807) is 12.1 Å². The van der Waals surface area contributed by atoms with Gasteiger partial charge < -0.3 is 10.0 Å². The van der Waals surface area contributed by atoms with Crippen molar-refractivity contribution in [1.82, 2.24) is 4.90 Å². The molecule has 0 radical (unpaired) electrons. The summed E-state index contributed by atoms with van der Waals surface area (Å²) < 4.78 is 0. The zero-order valence-corrected chi connectivity index (χ0v) is 9.99. The topological polar surface area (TPSA) is 74.7 Å². The lowest BCUT2D eigenvalue weighted by Gasteiger charge is -2.36. The number of aliphatic carboxylic acids is 1. The Morgan fingerprint density at radius 3 is 2.35 bits per heavy atom. The van der Waals surface area contributed by atoms with Crippen LogP contribution in [0.15, 0.2) is 12.1 Å². The fraction of sp³-hybridized carbons (Fsp3) is 0.364. The summed E-state index contributed by atoms with van der Waals surface area (Å²) in [5.41, 5.74) is 0. The van der Waals surface area contributed by atoms with Gasteiger partial charge in [-0.25, -0.2) is 0 Å². The highest BCUT2D eigenvalue weighted by molar-refractivity contribution is 7.15. The van der Waals surface area contributed by atoms with Gasteiger partial charge in [0, 0.05) is 13.1 Å². The standard InChI is InChI=1S/C11H11NO4S/c1-6(13)8-2-3-9(17-8)10(14)12-4-7(5-12)11(15)16/h2-3,7H,4-5H2,1H3,(H,15,16). The Bertz CT molecular complexity index is 487. The molecule has 1 aromatic heterocycles. The number of hydrogen-bond donors (Lipinski definition) is 1. The number of hydrogen-bond acceptors (Lipinski definition) is 4. The summed E-state index contributed by atoms with van der Waals surface area (Å²) in [6, 6.07) is 3.23. The van der Waals surface area contributed by atoms with Gasteiger partial charge in [-0.1, -0.05) is 0 Å². The van der Waals surface area contributed by atoms with Gasteiger partial charge in [-0.3, -0.25) is 14.4 Å². The minimum Gasteiger partial charge on any atom is -0.481 e. The number of rotatable bonds is 3. The molecule has 1 aliphatic rings. The predicted molar refractivity (Wildman–Crippen MR) is 61.4 cm³/mol. The Morgan fingerprint density at radius 2 is 1.88 bits per heavy atom. The lowest BCUT2D eigenvalue weighted by molar-refractivity contribution is -0.146. The minimum absolute atomic E-state index is 0.0685. The van der Waals surface area contributed by atoms with Crippen LogP contribution in [-0.2, 0) is 4.79 Å². The van der Waals surface area contributed by atoms with Crippen molar-refractivity contribution in [1.29, 1.82) is 0 Å². The van der Waals surface area contributed by atoms with Gasteiger partial charge in [0.25, 0.3) is 5.91 Å². The Labute approximate surface area is 102 Å². The molecule has 17 heavy (non-hydrogen) atoms. The van der Waals surface area contributed by atoms with Crippen molar-refractivity contribution in [2.24, 2.45) is 5.92 Å². The van der Waals surface area contributed by atoms with Gasteiger partial charge in [0.1, 0.15) is 0 Å². The molecule has 0 aromatic carbocycles. The summed E-state index contributed by atoms with van der Waals surface area (Å²) >= 11 is 1.15. The van der Waals surface area contributed by atoms with Crippen molar-refractivity contribution in [2.75, 3.05) is 13.1 Å². The first-order chi connectivity index (χ1) is 7.99. The van der Waals surface area contributed by atoms with Crippen LogP contribution < -0.4 is 0 Å². The van der Waals surface area contributed by atoms with Crippen molar-refractivity contribution in [3.8, 4) is 0 Å². The van der Waals surface area contributed by atoms with E-state index in [1.165, 1.54) is 11.8 Å². The Kier molecular flexibility index (Phi) is 2.97. The molecule has 0 saturated carbocycles. The van der Waals surface area contributed by atoms with E-state index in [0.29, 0.717) is 9.75 Å². The predicted octanol–water partition coefficient (Wildman–Crippen LogP) is 1.11. The summed E-state index contributed by atoms with van der Waals surface area (Å²) in [5, 5.41) is 8.70. The number of amides is 1. The second kappa shape index (κ2) is 4.29. The summed E-state index contributed by atoms with van der Waals surface area (Å²) in [5.74, 6) is -1.59. The molecule has 0 bridgehead atoms. The first kappa shape index (κ1) is 11.8. The summed E-state index contributed by atoms with van der Waals surface area (Å²) in [4.78, 5) is 36.1. The number of carbonyl (C=O) groups is 3. The molecular weight excluding hydrogens is 242 g/mol. The number of likely N-dealkylation sites (tertiary alicyclic amines) is 1. The van der Waals surface area contributed by atoms with Crippen LogP contribution in [0.4, 0.5) is 0 Å². The maximum Gasteiger partial charge on any atom is 0.310 e. The van der Waals surface area contributed by atoms with Crippen molar-refractivity contribution < 1.29 is 19.5 Å². The summed E-state index contributed by atoms with van der Waals surface area (Å²) in [6.45, 7) is 1.95. The molecule has 2 rings (SSSR count). The van der Waals surface area contributed by atoms with Gasteiger partial charge in [0.05, 0.1) is 15.7 Å². The molecule has 0 aliphatic carbocycles. The van der Waals surface area contributed by atoms with Crippen molar-refractivity contribution in [3.05, 3.63) is 21.9 Å². The molecule has 90 valence electrons. The quantitative estimate of drug-likeness (QED) is 0.819. The summed E-state index contributed by atoms with van der Waals surface area (Å²) in [7, 11) is 0. The Morgan fingerprint density at radius 1 is 1.29 bits per heavy atom. The van der Waals surface area contributed by atoms with E-state index in [1.807, 2.05) is 0 Å². The fourth-order valence-electron chi connectivity index (χ4n) is 1.60. The van der Waals surface area contributed by atoms with Crippen LogP contribution in [0.5, 0.6) is 0 Å². The number of carboxylic acid groups (broad SMARTS) is 1. The van der Waals surface area contributed by atoms with E-state index in [0.717, 1.165) is 11.3 Å². The van der Waals surface area contributed by atoms with Crippen molar-refractivity contribution >= 4 is 29.0 Å². The third-order valence-corrected chi connectivity index (χ3v) is 3.86. The van der Waals surface area contributed by atoms with Crippen LogP contribution in [0.25, 0.3) is 0 Å². The second-order valence-electron chi connectivity index (χ2n) is 3.97. The Balaban J connectivity index is 2.01. The van der Waals surface area contributed by atoms with Crippen molar-refractivity contribution in [2.45, 2.75) is 6.92 Å². The molecule has 0 atom stereocenters. The molecule has 1 saturated heterocycles. The smallest absolute Gasteiger partial charge is 0.310 e. The number of Topliss-reactive ketones (excluding diaryl/α,β-unsaturated/α-hetero) is 1. The van der Waals surface area contributed by atoms with Crippen molar-refractivity contribution in [3.63, 3.8) is 0 Å². The van der Waals surface area contributed by atoms with Crippen LogP contribution in [0, 0.1) is 5.92 Å². The van der Waals surface area contributed by atoms with Gasteiger partial charge >= 0.3 is 5.97 Å². The van der Waals surface area contributed by atoms with Crippen LogP contribution in [0.2, 0.25) is 0 Å². The molecule has 0 spiro atoms. The molecule has 1 aromatic rings. The maximum absolute atomic E-state index is 11.9. The third-order valence-electron chi connectivity index (χ3n) is 2.68. The number of carbonyl (C=O) groups excluding carboxylic acids is 2. The maximum atomic E-state index is 11.9. The lowest BCUT2D eigenvalue weighted by Crippen LogP contribution is -2.52. The van der Waals surface area contributed by atoms with Gasteiger partial charge in [-0.2, -0.15) is 0 Å². The zero-order valence-electron chi connectivity index (χ0n) is 9.17. The largest absolute Gasteiger partial charge is 0.481 e. The molecule has 2 heterocycles. The van der Waals surface area contributed by atoms with E-state index < -0.39 is 11.9 Å². The second-order valence-corrected chi connectivity index (χ2v) is 5.05. The highest BCUT2D eigenvalue weighted by atomic mass is 32.1. The van der Waals surface area contributed by atoms with E-state index >= 15 is 0 Å². The van der Waals surface area contributed by atoms with E-state index in [9.17, 15) is 14.4 Å². The average molecular weight is 253 g/mol. The molecular formula is C11H11NO4S. The minimum atomic E-state index is -0.871. The molecule has 1 fully saturated rings. The first-order valence-electron chi connectivity index (χ1n) is 5.12. The normalized spacial score (nSPS) is 15.5.